The van der Waals surface area contributed by atoms with Gasteiger partial charge in [-0.05, 0) is 74.2 Å². The molecule has 6 nitrogen and oxygen atoms in total. The summed E-state index contributed by atoms with van der Waals surface area (Å²) in [5.74, 6) is 0.333. The number of nitrogens with zero attached hydrogens (tertiary/aromatic N) is 4. The van der Waals surface area contributed by atoms with Crippen LogP contribution < -0.4 is 4.90 Å². The number of benzene rings is 2. The summed E-state index contributed by atoms with van der Waals surface area (Å²) in [7, 11) is 2.18. The highest BCUT2D eigenvalue weighted by Crippen LogP contribution is 2.44. The lowest BCUT2D eigenvalue weighted by Gasteiger charge is -2.34. The molecule has 202 valence electrons. The van der Waals surface area contributed by atoms with Gasteiger partial charge in [0.2, 0.25) is 0 Å². The van der Waals surface area contributed by atoms with Gasteiger partial charge in [0.15, 0.2) is 0 Å². The summed E-state index contributed by atoms with van der Waals surface area (Å²) < 4.78 is 7.59. The molecule has 0 radical (unpaired) electrons. The van der Waals surface area contributed by atoms with Gasteiger partial charge in [0.05, 0.1) is 22.9 Å². The Morgan fingerprint density at radius 3 is 2.31 bits per heavy atom. The SMILES string of the molecule is CCOC(=O)c1ccc(-c2c(-c3ccc(N4CCN(C)CC4)cc3)n(CC3CCC3)c3nccc(Cl)c23)cc1. The van der Waals surface area contributed by atoms with Crippen molar-refractivity contribution in [3.8, 4) is 22.4 Å². The number of fused-ring (bicyclic) bond motifs is 1. The highest BCUT2D eigenvalue weighted by atomic mass is 35.5. The monoisotopic (exact) mass is 542 g/mol. The average Bonchev–Trinajstić information content (AvgIpc) is 3.27. The number of esters is 1. The number of aromatic nitrogens is 2. The Balaban J connectivity index is 1.49. The fourth-order valence-corrected chi connectivity index (χ4v) is 6.03. The molecule has 2 aromatic heterocycles. The first-order chi connectivity index (χ1) is 19.0. The van der Waals surface area contributed by atoms with Gasteiger partial charge in [-0.25, -0.2) is 9.78 Å². The van der Waals surface area contributed by atoms with Crippen molar-refractivity contribution in [2.45, 2.75) is 32.7 Å². The van der Waals surface area contributed by atoms with Gasteiger partial charge in [0.1, 0.15) is 5.65 Å². The van der Waals surface area contributed by atoms with Gasteiger partial charge in [-0.1, -0.05) is 42.3 Å². The van der Waals surface area contributed by atoms with Crippen molar-refractivity contribution in [2.75, 3.05) is 44.7 Å². The van der Waals surface area contributed by atoms with Gasteiger partial charge in [-0.15, -0.1) is 0 Å². The molecule has 39 heavy (non-hydrogen) atoms. The van der Waals surface area contributed by atoms with Crippen LogP contribution in [0.5, 0.6) is 0 Å². The molecule has 6 rings (SSSR count). The Morgan fingerprint density at radius 1 is 0.974 bits per heavy atom. The predicted molar refractivity (Wildman–Crippen MR) is 159 cm³/mol. The summed E-state index contributed by atoms with van der Waals surface area (Å²) in [6.45, 7) is 7.32. The van der Waals surface area contributed by atoms with Crippen LogP contribution in [0.3, 0.4) is 0 Å². The van der Waals surface area contributed by atoms with Crippen molar-refractivity contribution in [1.29, 1.82) is 0 Å². The van der Waals surface area contributed by atoms with Crippen molar-refractivity contribution < 1.29 is 9.53 Å². The molecule has 1 aliphatic carbocycles. The fraction of sp³-hybridized carbons (Fsp3) is 0.375. The standard InChI is InChI=1S/C32H35ClN4O2/c1-3-39-32(38)25-9-7-23(8-10-25)28-29-27(33)15-16-34-31(29)37(21-22-5-4-6-22)30(28)24-11-13-26(14-12-24)36-19-17-35(2)18-20-36/h7-16,22H,3-6,17-21H2,1-2H3. The summed E-state index contributed by atoms with van der Waals surface area (Å²) in [4.78, 5) is 22.0. The van der Waals surface area contributed by atoms with Gasteiger partial charge in [0, 0.05) is 55.6 Å². The van der Waals surface area contributed by atoms with Gasteiger partial charge in [-0.2, -0.15) is 0 Å². The summed E-state index contributed by atoms with van der Waals surface area (Å²) in [6.07, 6.45) is 5.57. The zero-order chi connectivity index (χ0) is 26.9. The minimum absolute atomic E-state index is 0.309. The summed E-state index contributed by atoms with van der Waals surface area (Å²) in [6, 6.07) is 18.5. The van der Waals surface area contributed by atoms with E-state index in [0.29, 0.717) is 23.1 Å². The first kappa shape index (κ1) is 25.9. The van der Waals surface area contributed by atoms with Crippen molar-refractivity contribution >= 4 is 34.3 Å². The number of halogens is 1. The summed E-state index contributed by atoms with van der Waals surface area (Å²) in [5, 5.41) is 1.65. The second-order valence-electron chi connectivity index (χ2n) is 10.8. The topological polar surface area (TPSA) is 50.6 Å². The van der Waals surface area contributed by atoms with Crippen molar-refractivity contribution in [2.24, 2.45) is 5.92 Å². The molecular formula is C32H35ClN4O2. The van der Waals surface area contributed by atoms with E-state index in [1.807, 2.05) is 37.3 Å². The van der Waals surface area contributed by atoms with E-state index in [1.165, 1.54) is 24.9 Å². The van der Waals surface area contributed by atoms with Crippen LogP contribution in [0, 0.1) is 5.92 Å². The number of likely N-dealkylation sites (N-methyl/N-ethyl adjacent to an activating group) is 1. The summed E-state index contributed by atoms with van der Waals surface area (Å²) in [5.41, 5.74) is 7.05. The average molecular weight is 543 g/mol. The third-order valence-electron chi connectivity index (χ3n) is 8.25. The highest BCUT2D eigenvalue weighted by Gasteiger charge is 2.27. The number of pyridine rings is 1. The van der Waals surface area contributed by atoms with E-state index in [-0.39, 0.29) is 5.97 Å². The highest BCUT2D eigenvalue weighted by molar-refractivity contribution is 6.37. The van der Waals surface area contributed by atoms with E-state index in [1.54, 1.807) is 6.20 Å². The lowest BCUT2D eigenvalue weighted by molar-refractivity contribution is 0.0526. The molecule has 2 aliphatic rings. The maximum atomic E-state index is 12.3. The van der Waals surface area contributed by atoms with E-state index in [0.717, 1.165) is 66.1 Å². The Labute approximate surface area is 235 Å². The van der Waals surface area contributed by atoms with Crippen LogP contribution in [0.25, 0.3) is 33.4 Å². The largest absolute Gasteiger partial charge is 0.462 e. The Kier molecular flexibility index (Phi) is 7.32. The number of hydrogen-bond acceptors (Lipinski definition) is 5. The van der Waals surface area contributed by atoms with Gasteiger partial charge < -0.3 is 19.1 Å². The molecule has 2 fully saturated rings. The molecule has 1 aliphatic heterocycles. The normalized spacial score (nSPS) is 16.4. The van der Waals surface area contributed by atoms with Crippen molar-refractivity contribution in [3.05, 3.63) is 71.4 Å². The van der Waals surface area contributed by atoms with Gasteiger partial charge in [-0.3, -0.25) is 0 Å². The Morgan fingerprint density at radius 2 is 1.67 bits per heavy atom. The van der Waals surface area contributed by atoms with Gasteiger partial charge >= 0.3 is 5.97 Å². The smallest absolute Gasteiger partial charge is 0.338 e. The fourth-order valence-electron chi connectivity index (χ4n) is 5.80. The second kappa shape index (κ2) is 11.0. The lowest BCUT2D eigenvalue weighted by atomic mass is 9.85. The molecule has 0 amide bonds. The molecule has 0 atom stereocenters. The van der Waals surface area contributed by atoms with E-state index < -0.39 is 0 Å². The molecule has 4 aromatic rings. The minimum atomic E-state index is -0.309. The zero-order valence-corrected chi connectivity index (χ0v) is 23.5. The van der Waals surface area contributed by atoms with Crippen molar-refractivity contribution in [1.82, 2.24) is 14.5 Å². The van der Waals surface area contributed by atoms with Crippen LogP contribution in [-0.4, -0.2) is 60.3 Å². The number of ether oxygens (including phenoxy) is 1. The van der Waals surface area contributed by atoms with Crippen LogP contribution in [-0.2, 0) is 11.3 Å². The lowest BCUT2D eigenvalue weighted by Crippen LogP contribution is -2.44. The molecule has 1 saturated carbocycles. The minimum Gasteiger partial charge on any atom is -0.462 e. The first-order valence-electron chi connectivity index (χ1n) is 14.0. The molecule has 0 bridgehead atoms. The predicted octanol–water partition coefficient (Wildman–Crippen LogP) is 6.75. The van der Waals surface area contributed by atoms with Gasteiger partial charge in [0.25, 0.3) is 0 Å². The van der Waals surface area contributed by atoms with E-state index in [4.69, 9.17) is 21.3 Å². The number of anilines is 1. The van der Waals surface area contributed by atoms with Crippen LogP contribution in [0.2, 0.25) is 5.02 Å². The Hall–Kier alpha value is -3.35. The number of rotatable bonds is 7. The van der Waals surface area contributed by atoms with E-state index in [2.05, 4.69) is 45.7 Å². The maximum absolute atomic E-state index is 12.3. The van der Waals surface area contributed by atoms with Crippen LogP contribution >= 0.6 is 11.6 Å². The molecule has 1 saturated heterocycles. The number of carbonyl (C=O) groups excluding carboxylic acids is 1. The summed E-state index contributed by atoms with van der Waals surface area (Å²) >= 11 is 6.89. The molecular weight excluding hydrogens is 508 g/mol. The Bertz CT molecular complexity index is 1470. The van der Waals surface area contributed by atoms with E-state index in [9.17, 15) is 4.79 Å². The van der Waals surface area contributed by atoms with Crippen LogP contribution in [0.15, 0.2) is 60.8 Å². The molecule has 2 aromatic carbocycles. The molecule has 0 unspecified atom stereocenters. The third-order valence-corrected chi connectivity index (χ3v) is 8.57. The zero-order valence-electron chi connectivity index (χ0n) is 22.7. The number of piperazine rings is 1. The maximum Gasteiger partial charge on any atom is 0.338 e. The number of carbonyl (C=O) groups is 1. The van der Waals surface area contributed by atoms with Crippen LogP contribution in [0.1, 0.15) is 36.5 Å². The van der Waals surface area contributed by atoms with E-state index >= 15 is 0 Å². The quantitative estimate of drug-likeness (QED) is 0.242. The van der Waals surface area contributed by atoms with Crippen LogP contribution in [0.4, 0.5) is 5.69 Å². The molecule has 7 heteroatoms. The van der Waals surface area contributed by atoms with Crippen molar-refractivity contribution in [3.63, 3.8) is 0 Å². The number of hydrogen-bond donors (Lipinski definition) is 0. The molecule has 3 heterocycles. The first-order valence-corrected chi connectivity index (χ1v) is 14.4. The molecule has 0 spiro atoms. The molecule has 0 N–H and O–H groups in total. The third kappa shape index (κ3) is 5.04. The second-order valence-corrected chi connectivity index (χ2v) is 11.2.